The van der Waals surface area contributed by atoms with Gasteiger partial charge in [0.25, 0.3) is 0 Å². The van der Waals surface area contributed by atoms with E-state index in [1.165, 1.54) is 0 Å². The van der Waals surface area contributed by atoms with Gasteiger partial charge in [-0.1, -0.05) is 0 Å². The summed E-state index contributed by atoms with van der Waals surface area (Å²) < 4.78 is 0. The van der Waals surface area contributed by atoms with E-state index < -0.39 is 0 Å². The molecule has 0 aromatic heterocycles. The van der Waals surface area contributed by atoms with E-state index in [4.69, 9.17) is 6.42 Å². The molecule has 0 rings (SSSR count). The Morgan fingerprint density at radius 1 is 1.00 bits per heavy atom. The number of rotatable bonds is 0. The molecule has 7 heavy (non-hydrogen) atoms. The maximum absolute atomic E-state index is 5.85. The smallest absolute Gasteiger partial charge is 0.729 e. The summed E-state index contributed by atoms with van der Waals surface area (Å²) in [6, 6.07) is 0. The van der Waals surface area contributed by atoms with Gasteiger partial charge in [0.2, 0.25) is 0 Å². The first-order chi connectivity index (χ1) is 1.41. The van der Waals surface area contributed by atoms with Gasteiger partial charge < -0.3 is 19.3 Å². The first-order valence-electron chi connectivity index (χ1n) is 0.604. The van der Waals surface area contributed by atoms with Gasteiger partial charge in [0, 0.05) is 0 Å². The molecule has 16 valence electrons. The van der Waals surface area contributed by atoms with Crippen LogP contribution in [-0.2, 0) is 0 Å². The van der Waals surface area contributed by atoms with E-state index in [-0.39, 0.29) is 75.4 Å². The van der Waals surface area contributed by atoms with Crippen molar-refractivity contribution in [3.63, 3.8) is 0 Å². The van der Waals surface area contributed by atoms with Crippen molar-refractivity contribution in [2.24, 2.45) is 0 Å². The summed E-state index contributed by atoms with van der Waals surface area (Å²) in [6.07, 6.45) is 5.85. The van der Waals surface area contributed by atoms with Crippen LogP contribution in [0, 0.1) is 19.3 Å². The van der Waals surface area contributed by atoms with E-state index in [1.54, 1.807) is 5.92 Å². The fourth-order valence-electron chi connectivity index (χ4n) is 0. The van der Waals surface area contributed by atoms with Crippen molar-refractivity contribution in [2.75, 3.05) is 0 Å². The van der Waals surface area contributed by atoms with E-state index in [1.807, 2.05) is 0 Å². The third kappa shape index (κ3) is 80.0. The summed E-state index contributed by atoms with van der Waals surface area (Å²) in [7, 11) is 0. The number of hydrogen-bond acceptors (Lipinski definition) is 0. The molecule has 0 amide bonds. The second-order valence-corrected chi connectivity index (χ2v) is 0.177. The summed E-state index contributed by atoms with van der Waals surface area (Å²) in [6.45, 7) is 2.90. The zero-order chi connectivity index (χ0) is 2.71. The van der Waals surface area contributed by atoms with Crippen LogP contribution in [0.15, 0.2) is 0 Å². The second kappa shape index (κ2) is 45.7. The molecular formula is C3H2Li4+2. The normalized spacial score (nSPS) is 1.00. The van der Waals surface area contributed by atoms with E-state index in [2.05, 4.69) is 6.92 Å². The minimum atomic E-state index is 0. The Balaban J connectivity index is -0.00000000333. The summed E-state index contributed by atoms with van der Waals surface area (Å²) >= 11 is 0. The Morgan fingerprint density at radius 2 is 1.00 bits per heavy atom. The topological polar surface area (TPSA) is 0 Å². The van der Waals surface area contributed by atoms with Crippen LogP contribution in [0.5, 0.6) is 0 Å². The predicted molar refractivity (Wildman–Crippen MR) is 12.5 cm³/mol. The minimum absolute atomic E-state index is 0. The van der Waals surface area contributed by atoms with Crippen molar-refractivity contribution >= 4 is 0 Å². The molecule has 0 aromatic rings. The number of hydrogen-bond donors (Lipinski definition) is 0. The average molecular weight is 65.8 g/mol. The molecule has 0 radical (unpaired) electrons. The van der Waals surface area contributed by atoms with Crippen LogP contribution in [0.1, 0.15) is 0 Å². The molecule has 0 atom stereocenters. The zero-order valence-electron chi connectivity index (χ0n) is 5.71. The summed E-state index contributed by atoms with van der Waals surface area (Å²) in [4.78, 5) is 0. The minimum Gasteiger partial charge on any atom is -0.729 e. The monoisotopic (exact) mass is 66.1 g/mol. The van der Waals surface area contributed by atoms with Gasteiger partial charge in [-0.25, -0.2) is 0 Å². The van der Waals surface area contributed by atoms with Gasteiger partial charge in [-0.2, -0.15) is 0 Å². The van der Waals surface area contributed by atoms with Crippen LogP contribution in [0.2, 0.25) is 0 Å². The molecule has 0 saturated carbocycles. The van der Waals surface area contributed by atoms with Gasteiger partial charge in [-0.3, -0.25) is 0 Å². The van der Waals surface area contributed by atoms with Crippen molar-refractivity contribution in [1.82, 2.24) is 0 Å². The van der Waals surface area contributed by atoms with Crippen LogP contribution in [-0.4, -0.2) is 0 Å². The van der Waals surface area contributed by atoms with Crippen LogP contribution < -0.4 is 75.4 Å². The molecular weight excluding hydrogens is 63.8 g/mol. The van der Waals surface area contributed by atoms with Crippen molar-refractivity contribution in [3.8, 4) is 5.92 Å². The predicted octanol–water partition coefficient (Wildman–Crippen LogP) is -11.6. The molecule has 0 unspecified atom stereocenters. The molecule has 0 saturated heterocycles. The average Bonchev–Trinajstić information content (AvgIpc) is 0.918. The standard InChI is InChI=1S/C3H2.4Li/c1-3-2;;;;/h1H2;;;;/q-2;4*+1. The van der Waals surface area contributed by atoms with Gasteiger partial charge in [0.05, 0.1) is 0 Å². The molecule has 4 heteroatoms. The van der Waals surface area contributed by atoms with Crippen LogP contribution in [0.4, 0.5) is 0 Å². The molecule has 0 aliphatic rings. The van der Waals surface area contributed by atoms with Gasteiger partial charge in [0.1, 0.15) is 0 Å². The largest absolute Gasteiger partial charge is 1.00 e. The van der Waals surface area contributed by atoms with Gasteiger partial charge in [-0.15, -0.1) is 0 Å². The van der Waals surface area contributed by atoms with Crippen molar-refractivity contribution in [1.29, 1.82) is 0 Å². The maximum Gasteiger partial charge on any atom is 1.00 e. The summed E-state index contributed by atoms with van der Waals surface area (Å²) in [5.41, 5.74) is 0. The molecule has 0 aromatic carbocycles. The van der Waals surface area contributed by atoms with Gasteiger partial charge in [0.15, 0.2) is 0 Å². The van der Waals surface area contributed by atoms with Crippen molar-refractivity contribution < 1.29 is 75.4 Å². The molecule has 0 bridgehead atoms. The van der Waals surface area contributed by atoms with Crippen molar-refractivity contribution in [3.05, 3.63) is 13.3 Å². The molecule has 0 aliphatic heterocycles. The maximum atomic E-state index is 5.85. The van der Waals surface area contributed by atoms with E-state index in [9.17, 15) is 0 Å². The molecule has 0 aliphatic carbocycles. The van der Waals surface area contributed by atoms with E-state index in [0.29, 0.717) is 0 Å². The fraction of sp³-hybridized carbons (Fsp3) is 0. The third-order valence-corrected chi connectivity index (χ3v) is 0. The molecule has 0 fully saturated rings. The fourth-order valence-corrected chi connectivity index (χ4v) is 0. The third-order valence-electron chi connectivity index (χ3n) is 0. The summed E-state index contributed by atoms with van der Waals surface area (Å²) in [5, 5.41) is 0. The quantitative estimate of drug-likeness (QED) is 0.149. The second-order valence-electron chi connectivity index (χ2n) is 0.177. The van der Waals surface area contributed by atoms with Crippen LogP contribution in [0.25, 0.3) is 0 Å². The molecule has 0 nitrogen and oxygen atoms in total. The Morgan fingerprint density at radius 3 is 1.00 bits per heavy atom. The van der Waals surface area contributed by atoms with E-state index >= 15 is 0 Å². The first kappa shape index (κ1) is 37.0. The van der Waals surface area contributed by atoms with E-state index in [0.717, 1.165) is 0 Å². The Bertz CT molecular complexity index is 28.4. The molecule has 0 heterocycles. The van der Waals surface area contributed by atoms with Gasteiger partial charge in [-0.05, 0) is 0 Å². The Kier molecular flexibility index (Phi) is 242. The zero-order valence-corrected chi connectivity index (χ0v) is 5.71. The van der Waals surface area contributed by atoms with Crippen LogP contribution in [0.3, 0.4) is 0 Å². The Labute approximate surface area is 93.7 Å². The summed E-state index contributed by atoms with van der Waals surface area (Å²) in [5.74, 6) is 1.75. The first-order valence-corrected chi connectivity index (χ1v) is 0.604. The Hall–Kier alpha value is 1.82. The van der Waals surface area contributed by atoms with Gasteiger partial charge >= 0.3 is 75.4 Å². The van der Waals surface area contributed by atoms with Crippen LogP contribution >= 0.6 is 0 Å². The van der Waals surface area contributed by atoms with Crippen molar-refractivity contribution in [2.45, 2.75) is 0 Å². The molecule has 0 spiro atoms. The molecule has 0 N–H and O–H groups in total. The SMILES string of the molecule is [C-]#C[CH2-].[Li+].[Li+].[Li+].[Li+].